The summed E-state index contributed by atoms with van der Waals surface area (Å²) in [4.78, 5) is 38.1. The molecule has 0 spiro atoms. The molecule has 35 heavy (non-hydrogen) atoms. The van der Waals surface area contributed by atoms with Gasteiger partial charge in [0.05, 0.1) is 11.3 Å². The van der Waals surface area contributed by atoms with Crippen LogP contribution in [0.1, 0.15) is 57.5 Å². The van der Waals surface area contributed by atoms with Gasteiger partial charge in [0.25, 0.3) is 0 Å². The molecule has 0 aliphatic rings. The number of carbonyl (C=O) groups is 3. The van der Waals surface area contributed by atoms with Crippen molar-refractivity contribution >= 4 is 29.3 Å². The number of nitrogen functional groups attached to an aromatic ring is 1. The molecule has 11 heteroatoms. The van der Waals surface area contributed by atoms with Gasteiger partial charge in [0.2, 0.25) is 0 Å². The third kappa shape index (κ3) is 6.71. The highest BCUT2D eigenvalue weighted by Gasteiger charge is 2.37. The van der Waals surface area contributed by atoms with Gasteiger partial charge in [-0.3, -0.25) is 4.79 Å². The van der Waals surface area contributed by atoms with Crippen LogP contribution in [0.25, 0.3) is 0 Å². The van der Waals surface area contributed by atoms with Crippen molar-refractivity contribution in [2.75, 3.05) is 10.6 Å². The Bertz CT molecular complexity index is 1140. The summed E-state index contributed by atoms with van der Waals surface area (Å²) < 4.78 is 68.8. The van der Waals surface area contributed by atoms with Crippen LogP contribution in [0.15, 0.2) is 24.3 Å². The standard InChI is InChI=1S/C24H26F4N2O5/c1-23(2,3)34-21(32)30(22(33)35-24(4,5)6)20-14(26)8-7-12(18(20)27)11-16(31)17-13(25)9-10-15(29)19(17)28/h7-10H,11,29H2,1-6H3. The number of ketones is 1. The lowest BCUT2D eigenvalue weighted by atomic mass is 10.00. The van der Waals surface area contributed by atoms with Crippen LogP contribution in [0.2, 0.25) is 0 Å². The predicted octanol–water partition coefficient (Wildman–Crippen LogP) is 5.93. The van der Waals surface area contributed by atoms with Crippen LogP contribution in [-0.4, -0.2) is 29.2 Å². The first-order chi connectivity index (χ1) is 15.9. The van der Waals surface area contributed by atoms with Crippen LogP contribution in [0.5, 0.6) is 0 Å². The predicted molar refractivity (Wildman–Crippen MR) is 120 cm³/mol. The molecule has 0 atom stereocenters. The van der Waals surface area contributed by atoms with E-state index in [1.807, 2.05) is 0 Å². The second-order valence-corrected chi connectivity index (χ2v) is 9.59. The maximum absolute atomic E-state index is 15.5. The molecule has 2 aromatic carbocycles. The van der Waals surface area contributed by atoms with Crippen LogP contribution < -0.4 is 10.6 Å². The van der Waals surface area contributed by atoms with E-state index >= 15 is 4.39 Å². The van der Waals surface area contributed by atoms with Crippen LogP contribution in [0, 0.1) is 23.3 Å². The van der Waals surface area contributed by atoms with E-state index in [2.05, 4.69) is 0 Å². The fourth-order valence-corrected chi connectivity index (χ4v) is 2.88. The number of nitrogens with two attached hydrogens (primary N) is 1. The van der Waals surface area contributed by atoms with Crippen molar-refractivity contribution in [2.45, 2.75) is 59.2 Å². The number of benzene rings is 2. The maximum Gasteiger partial charge on any atom is 0.424 e. The molecule has 0 aliphatic heterocycles. The minimum Gasteiger partial charge on any atom is -0.443 e. The summed E-state index contributed by atoms with van der Waals surface area (Å²) in [5.74, 6) is -6.61. The number of nitrogens with zero attached hydrogens (tertiary/aromatic N) is 1. The van der Waals surface area contributed by atoms with Crippen molar-refractivity contribution < 1.29 is 41.4 Å². The summed E-state index contributed by atoms with van der Waals surface area (Å²) in [5, 5.41) is 0. The van der Waals surface area contributed by atoms with Gasteiger partial charge in [0.15, 0.2) is 23.2 Å². The first-order valence-electron chi connectivity index (χ1n) is 10.4. The minimum atomic E-state index is -1.50. The van der Waals surface area contributed by atoms with E-state index in [4.69, 9.17) is 15.2 Å². The van der Waals surface area contributed by atoms with E-state index in [1.165, 1.54) is 41.5 Å². The van der Waals surface area contributed by atoms with Gasteiger partial charge in [-0.15, -0.1) is 0 Å². The van der Waals surface area contributed by atoms with Crippen LogP contribution in [0.4, 0.5) is 38.5 Å². The molecular formula is C24H26F4N2O5. The fourth-order valence-electron chi connectivity index (χ4n) is 2.88. The van der Waals surface area contributed by atoms with E-state index < -0.39 is 81.4 Å². The van der Waals surface area contributed by atoms with Crippen LogP contribution in [-0.2, 0) is 15.9 Å². The van der Waals surface area contributed by atoms with E-state index in [-0.39, 0.29) is 4.90 Å². The van der Waals surface area contributed by atoms with E-state index in [1.54, 1.807) is 0 Å². The monoisotopic (exact) mass is 498 g/mol. The van der Waals surface area contributed by atoms with Gasteiger partial charge < -0.3 is 15.2 Å². The van der Waals surface area contributed by atoms with Gasteiger partial charge in [-0.2, -0.15) is 4.90 Å². The lowest BCUT2D eigenvalue weighted by molar-refractivity contribution is 0.0426. The number of halogens is 4. The number of hydrogen-bond donors (Lipinski definition) is 1. The van der Waals surface area contributed by atoms with Crippen molar-refractivity contribution in [2.24, 2.45) is 0 Å². The van der Waals surface area contributed by atoms with Crippen LogP contribution in [0.3, 0.4) is 0 Å². The Kier molecular flexibility index (Phi) is 7.83. The van der Waals surface area contributed by atoms with Crippen LogP contribution >= 0.6 is 0 Å². The smallest absolute Gasteiger partial charge is 0.424 e. The van der Waals surface area contributed by atoms with Crippen molar-refractivity contribution in [1.29, 1.82) is 0 Å². The number of carbonyl (C=O) groups excluding carboxylic acids is 3. The number of Topliss-reactive ketones (excluding diaryl/α,β-unsaturated/α-hetero) is 1. The molecule has 0 heterocycles. The van der Waals surface area contributed by atoms with Gasteiger partial charge in [-0.1, -0.05) is 6.07 Å². The van der Waals surface area contributed by atoms with Gasteiger partial charge in [0, 0.05) is 6.42 Å². The molecule has 190 valence electrons. The number of rotatable bonds is 4. The van der Waals surface area contributed by atoms with Crippen molar-refractivity contribution in [3.8, 4) is 0 Å². The zero-order valence-corrected chi connectivity index (χ0v) is 20.1. The molecule has 2 aromatic rings. The van der Waals surface area contributed by atoms with Crippen molar-refractivity contribution in [3.05, 3.63) is 58.7 Å². The zero-order valence-electron chi connectivity index (χ0n) is 20.1. The molecular weight excluding hydrogens is 472 g/mol. The number of hydrogen-bond acceptors (Lipinski definition) is 6. The quantitative estimate of drug-likeness (QED) is 0.319. The molecule has 0 radical (unpaired) electrons. The third-order valence-corrected chi connectivity index (χ3v) is 4.27. The number of anilines is 2. The average molecular weight is 498 g/mol. The number of amides is 2. The summed E-state index contributed by atoms with van der Waals surface area (Å²) in [6.45, 7) is 8.80. The lowest BCUT2D eigenvalue weighted by Crippen LogP contribution is -2.44. The highest BCUT2D eigenvalue weighted by atomic mass is 19.1. The average Bonchev–Trinajstić information content (AvgIpc) is 2.67. The number of imide groups is 1. The molecule has 0 aliphatic carbocycles. The molecule has 2 rings (SSSR count). The van der Waals surface area contributed by atoms with Crippen molar-refractivity contribution in [3.63, 3.8) is 0 Å². The SMILES string of the molecule is CC(C)(C)OC(=O)N(C(=O)OC(C)(C)C)c1c(F)ccc(CC(=O)c2c(F)ccc(N)c2F)c1F. The highest BCUT2D eigenvalue weighted by molar-refractivity contribution is 6.10. The summed E-state index contributed by atoms with van der Waals surface area (Å²) in [6.07, 6.45) is -3.82. The van der Waals surface area contributed by atoms with E-state index in [0.717, 1.165) is 18.2 Å². The first kappa shape index (κ1) is 27.6. The molecule has 2 N–H and O–H groups in total. The Hall–Kier alpha value is -3.63. The topological polar surface area (TPSA) is 98.9 Å². The summed E-state index contributed by atoms with van der Waals surface area (Å²) in [7, 11) is 0. The van der Waals surface area contributed by atoms with Gasteiger partial charge in [0.1, 0.15) is 22.7 Å². The normalized spacial score (nSPS) is 11.7. The van der Waals surface area contributed by atoms with Gasteiger partial charge >= 0.3 is 12.2 Å². The molecule has 0 bridgehead atoms. The van der Waals surface area contributed by atoms with Gasteiger partial charge in [-0.05, 0) is 65.3 Å². The molecule has 0 unspecified atom stereocenters. The Labute approximate surface area is 199 Å². The molecule has 2 amide bonds. The Morgan fingerprint density at radius 1 is 0.800 bits per heavy atom. The third-order valence-electron chi connectivity index (χ3n) is 4.27. The second kappa shape index (κ2) is 9.93. The highest BCUT2D eigenvalue weighted by Crippen LogP contribution is 2.31. The Balaban J connectivity index is 2.59. The largest absolute Gasteiger partial charge is 0.443 e. The zero-order chi connectivity index (χ0) is 26.9. The Morgan fingerprint density at radius 2 is 1.29 bits per heavy atom. The Morgan fingerprint density at radius 3 is 1.77 bits per heavy atom. The molecule has 0 saturated carbocycles. The molecule has 0 fully saturated rings. The second-order valence-electron chi connectivity index (χ2n) is 9.59. The van der Waals surface area contributed by atoms with Crippen molar-refractivity contribution in [1.82, 2.24) is 0 Å². The molecule has 0 aromatic heterocycles. The number of ether oxygens (including phenoxy) is 2. The fraction of sp³-hybridized carbons (Fsp3) is 0.375. The summed E-state index contributed by atoms with van der Waals surface area (Å²) in [5.41, 5.74) is -0.167. The lowest BCUT2D eigenvalue weighted by Gasteiger charge is -2.29. The summed E-state index contributed by atoms with van der Waals surface area (Å²) in [6, 6.07) is 3.22. The molecule has 0 saturated heterocycles. The van der Waals surface area contributed by atoms with E-state index in [0.29, 0.717) is 6.07 Å². The molecule has 7 nitrogen and oxygen atoms in total. The van der Waals surface area contributed by atoms with Gasteiger partial charge in [-0.25, -0.2) is 27.2 Å². The summed E-state index contributed by atoms with van der Waals surface area (Å²) >= 11 is 0. The first-order valence-corrected chi connectivity index (χ1v) is 10.4. The maximum atomic E-state index is 15.5. The van der Waals surface area contributed by atoms with E-state index in [9.17, 15) is 27.6 Å². The minimum absolute atomic E-state index is 0.0246.